The van der Waals surface area contributed by atoms with Crippen LogP contribution in [-0.2, 0) is 4.74 Å². The van der Waals surface area contributed by atoms with Crippen molar-refractivity contribution in [2.45, 2.75) is 44.2 Å². The summed E-state index contributed by atoms with van der Waals surface area (Å²) in [5.41, 5.74) is 0. The molecule has 1 aromatic rings. The van der Waals surface area contributed by atoms with E-state index in [1.165, 1.54) is 0 Å². The maximum Gasteiger partial charge on any atom is 0.225 e. The number of anilines is 1. The molecule has 8 nitrogen and oxygen atoms in total. The molecule has 1 aromatic heterocycles. The van der Waals surface area contributed by atoms with Gasteiger partial charge in [-0.25, -0.2) is 9.97 Å². The zero-order valence-electron chi connectivity index (χ0n) is 15.0. The van der Waals surface area contributed by atoms with Gasteiger partial charge in [0.25, 0.3) is 0 Å². The summed E-state index contributed by atoms with van der Waals surface area (Å²) in [6.07, 6.45) is 2.18. The Morgan fingerprint density at radius 1 is 1.20 bits per heavy atom. The minimum atomic E-state index is -0.677. The normalized spacial score (nSPS) is 31.0. The first-order valence-corrected chi connectivity index (χ1v) is 9.04. The number of hydrogen-bond donors (Lipinski definition) is 3. The maximum atomic E-state index is 10.6. The standard InChI is InChI=1S/C17H29N5O3/c1-12(2)20-10-13-15(16(24)14(11-23)25-13)21-6-8-22(9-7-21)17-18-4-3-5-19-17/h3-5,12-16,20,23-24H,6-11H2,1-2H3. The van der Waals surface area contributed by atoms with E-state index in [1.807, 2.05) is 6.07 Å². The van der Waals surface area contributed by atoms with E-state index in [9.17, 15) is 10.2 Å². The molecule has 2 aliphatic heterocycles. The first-order valence-electron chi connectivity index (χ1n) is 9.04. The third kappa shape index (κ3) is 4.27. The summed E-state index contributed by atoms with van der Waals surface area (Å²) in [7, 11) is 0. The van der Waals surface area contributed by atoms with Gasteiger partial charge < -0.3 is 25.2 Å². The number of piperazine rings is 1. The van der Waals surface area contributed by atoms with E-state index in [1.54, 1.807) is 12.4 Å². The lowest BCUT2D eigenvalue weighted by Gasteiger charge is -2.40. The van der Waals surface area contributed by atoms with Crippen molar-refractivity contribution in [1.82, 2.24) is 20.2 Å². The largest absolute Gasteiger partial charge is 0.394 e. The van der Waals surface area contributed by atoms with Gasteiger partial charge in [-0.1, -0.05) is 13.8 Å². The Kier molecular flexibility index (Phi) is 6.19. The van der Waals surface area contributed by atoms with E-state index in [0.29, 0.717) is 12.6 Å². The van der Waals surface area contributed by atoms with E-state index < -0.39 is 12.2 Å². The zero-order valence-corrected chi connectivity index (χ0v) is 15.0. The molecule has 0 bridgehead atoms. The highest BCUT2D eigenvalue weighted by atomic mass is 16.5. The summed E-state index contributed by atoms with van der Waals surface area (Å²) in [4.78, 5) is 13.0. The van der Waals surface area contributed by atoms with E-state index in [4.69, 9.17) is 4.74 Å². The SMILES string of the molecule is CC(C)NCC1OC(CO)C(O)C1N1CCN(c2ncccn2)CC1. The van der Waals surface area contributed by atoms with Crippen LogP contribution in [0.15, 0.2) is 18.5 Å². The van der Waals surface area contributed by atoms with Crippen LogP contribution in [0.3, 0.4) is 0 Å². The van der Waals surface area contributed by atoms with Crippen molar-refractivity contribution in [3.05, 3.63) is 18.5 Å². The number of aliphatic hydroxyl groups is 2. The first kappa shape index (κ1) is 18.5. The summed E-state index contributed by atoms with van der Waals surface area (Å²) in [5.74, 6) is 0.747. The molecule has 4 atom stereocenters. The molecular formula is C17H29N5O3. The topological polar surface area (TPSA) is 94.0 Å². The second-order valence-corrected chi connectivity index (χ2v) is 7.01. The second-order valence-electron chi connectivity index (χ2n) is 7.01. The van der Waals surface area contributed by atoms with E-state index in [2.05, 4.69) is 38.9 Å². The van der Waals surface area contributed by atoms with Gasteiger partial charge in [-0.15, -0.1) is 0 Å². The zero-order chi connectivity index (χ0) is 17.8. The van der Waals surface area contributed by atoms with Gasteiger partial charge in [0, 0.05) is 51.2 Å². The Balaban J connectivity index is 1.62. The summed E-state index contributed by atoms with van der Waals surface area (Å²) < 4.78 is 5.91. The summed E-state index contributed by atoms with van der Waals surface area (Å²) in [6.45, 7) is 7.90. The minimum absolute atomic E-state index is 0.109. The molecule has 25 heavy (non-hydrogen) atoms. The van der Waals surface area contributed by atoms with Gasteiger partial charge in [0.1, 0.15) is 12.2 Å². The molecule has 0 amide bonds. The molecule has 0 spiro atoms. The van der Waals surface area contributed by atoms with Gasteiger partial charge >= 0.3 is 0 Å². The monoisotopic (exact) mass is 351 g/mol. The number of nitrogens with zero attached hydrogens (tertiary/aromatic N) is 4. The highest BCUT2D eigenvalue weighted by Crippen LogP contribution is 2.27. The molecule has 8 heteroatoms. The number of aliphatic hydroxyl groups excluding tert-OH is 2. The van der Waals surface area contributed by atoms with Crippen LogP contribution in [-0.4, -0.2) is 94.8 Å². The van der Waals surface area contributed by atoms with Crippen molar-refractivity contribution in [3.8, 4) is 0 Å². The Labute approximate surface area is 148 Å². The average molecular weight is 351 g/mol. The molecule has 3 N–H and O–H groups in total. The van der Waals surface area contributed by atoms with Crippen LogP contribution in [0.5, 0.6) is 0 Å². The lowest BCUT2D eigenvalue weighted by molar-refractivity contribution is -0.0216. The molecule has 3 heterocycles. The molecule has 0 radical (unpaired) electrons. The number of ether oxygens (including phenoxy) is 1. The smallest absolute Gasteiger partial charge is 0.225 e. The highest BCUT2D eigenvalue weighted by molar-refractivity contribution is 5.29. The minimum Gasteiger partial charge on any atom is -0.394 e. The fourth-order valence-corrected chi connectivity index (χ4v) is 3.62. The van der Waals surface area contributed by atoms with Gasteiger partial charge in [0.05, 0.1) is 18.8 Å². The van der Waals surface area contributed by atoms with Crippen molar-refractivity contribution in [1.29, 1.82) is 0 Å². The van der Waals surface area contributed by atoms with Gasteiger partial charge in [-0.2, -0.15) is 0 Å². The summed E-state index contributed by atoms with van der Waals surface area (Å²) >= 11 is 0. The maximum absolute atomic E-state index is 10.6. The Morgan fingerprint density at radius 3 is 2.48 bits per heavy atom. The van der Waals surface area contributed by atoms with E-state index in [0.717, 1.165) is 32.1 Å². The Morgan fingerprint density at radius 2 is 1.88 bits per heavy atom. The molecule has 0 aromatic carbocycles. The quantitative estimate of drug-likeness (QED) is 0.606. The van der Waals surface area contributed by atoms with Gasteiger partial charge in [-0.05, 0) is 6.07 Å². The van der Waals surface area contributed by atoms with Crippen LogP contribution < -0.4 is 10.2 Å². The predicted octanol–water partition coefficient (Wildman–Crippen LogP) is -0.914. The lowest BCUT2D eigenvalue weighted by atomic mass is 10.0. The average Bonchev–Trinajstić information content (AvgIpc) is 2.96. The Bertz CT molecular complexity index is 524. The van der Waals surface area contributed by atoms with Crippen LogP contribution in [0.4, 0.5) is 5.95 Å². The molecule has 0 aliphatic carbocycles. The summed E-state index contributed by atoms with van der Waals surface area (Å²) in [6, 6.07) is 2.05. The molecule has 140 valence electrons. The fraction of sp³-hybridized carbons (Fsp3) is 0.765. The molecule has 4 unspecified atom stereocenters. The number of aromatic nitrogens is 2. The van der Waals surface area contributed by atoms with Gasteiger partial charge in [0.15, 0.2) is 0 Å². The molecular weight excluding hydrogens is 322 g/mol. The van der Waals surface area contributed by atoms with Crippen molar-refractivity contribution in [2.75, 3.05) is 44.2 Å². The van der Waals surface area contributed by atoms with Crippen molar-refractivity contribution in [2.24, 2.45) is 0 Å². The molecule has 2 aliphatic rings. The van der Waals surface area contributed by atoms with Crippen LogP contribution in [0.1, 0.15) is 13.8 Å². The third-order valence-corrected chi connectivity index (χ3v) is 4.94. The Hall–Kier alpha value is -1.32. The van der Waals surface area contributed by atoms with Crippen LogP contribution in [0, 0.1) is 0 Å². The molecule has 3 rings (SSSR count). The second kappa shape index (κ2) is 8.37. The van der Waals surface area contributed by atoms with E-state index in [-0.39, 0.29) is 18.8 Å². The highest BCUT2D eigenvalue weighted by Gasteiger charge is 2.46. The molecule has 2 saturated heterocycles. The fourth-order valence-electron chi connectivity index (χ4n) is 3.62. The van der Waals surface area contributed by atoms with Crippen molar-refractivity contribution in [3.63, 3.8) is 0 Å². The number of hydrogen-bond acceptors (Lipinski definition) is 8. The van der Waals surface area contributed by atoms with Gasteiger partial charge in [-0.3, -0.25) is 4.90 Å². The van der Waals surface area contributed by atoms with Crippen molar-refractivity contribution < 1.29 is 14.9 Å². The predicted molar refractivity (Wildman–Crippen MR) is 94.5 cm³/mol. The first-order chi connectivity index (χ1) is 12.1. The third-order valence-electron chi connectivity index (χ3n) is 4.94. The van der Waals surface area contributed by atoms with Crippen LogP contribution in [0.2, 0.25) is 0 Å². The van der Waals surface area contributed by atoms with Crippen molar-refractivity contribution >= 4 is 5.95 Å². The van der Waals surface area contributed by atoms with Crippen LogP contribution >= 0.6 is 0 Å². The number of rotatable bonds is 6. The van der Waals surface area contributed by atoms with Crippen LogP contribution in [0.25, 0.3) is 0 Å². The number of nitrogens with one attached hydrogen (secondary N) is 1. The van der Waals surface area contributed by atoms with Gasteiger partial charge in [0.2, 0.25) is 5.95 Å². The molecule has 2 fully saturated rings. The summed E-state index contributed by atoms with van der Waals surface area (Å²) in [5, 5.41) is 23.5. The molecule has 0 saturated carbocycles. The van der Waals surface area contributed by atoms with E-state index >= 15 is 0 Å². The lowest BCUT2D eigenvalue weighted by Crippen LogP contribution is -2.57.